The summed E-state index contributed by atoms with van der Waals surface area (Å²) in [6.45, 7) is 7.40. The molecule has 1 atom stereocenters. The minimum absolute atomic E-state index is 0.0118. The van der Waals surface area contributed by atoms with Crippen molar-refractivity contribution in [1.82, 2.24) is 4.98 Å². The van der Waals surface area contributed by atoms with Crippen LogP contribution in [-0.4, -0.2) is 35.0 Å². The normalized spacial score (nSPS) is 16.4. The molecule has 1 amide bonds. The molecule has 0 spiro atoms. The maximum atomic E-state index is 13.6. The Morgan fingerprint density at radius 3 is 2.40 bits per heavy atom. The Morgan fingerprint density at radius 1 is 0.905 bits per heavy atom. The largest absolute Gasteiger partial charge is 0.507 e. The lowest BCUT2D eigenvalue weighted by atomic mass is 9.95. The van der Waals surface area contributed by atoms with Crippen molar-refractivity contribution >= 4 is 44.1 Å². The molecule has 1 aromatic heterocycles. The molecule has 4 aromatic rings. The number of aliphatic hydroxyl groups is 1. The van der Waals surface area contributed by atoms with E-state index in [0.717, 1.165) is 47.9 Å². The number of Topliss-reactive ketones (excluding diaryl/α,β-unsaturated/α-hetero) is 1. The summed E-state index contributed by atoms with van der Waals surface area (Å²) >= 11 is 1.35. The van der Waals surface area contributed by atoms with Gasteiger partial charge in [-0.25, -0.2) is 4.98 Å². The molecule has 0 bridgehead atoms. The number of thiazole rings is 1. The number of amides is 1. The molecule has 1 fully saturated rings. The van der Waals surface area contributed by atoms with Gasteiger partial charge in [-0.15, -0.1) is 0 Å². The smallest absolute Gasteiger partial charge is 0.301 e. The Bertz CT molecular complexity index is 1610. The fourth-order valence-electron chi connectivity index (χ4n) is 4.98. The number of hydrogen-bond donors (Lipinski definition) is 1. The number of ether oxygens (including phenoxy) is 2. The van der Waals surface area contributed by atoms with Gasteiger partial charge in [-0.3, -0.25) is 14.5 Å². The Labute approximate surface area is 250 Å². The number of aromatic nitrogens is 1. The van der Waals surface area contributed by atoms with Crippen LogP contribution in [0.15, 0.2) is 72.3 Å². The van der Waals surface area contributed by atoms with E-state index in [4.69, 9.17) is 14.5 Å². The molecular weight excluding hydrogens is 548 g/mol. The van der Waals surface area contributed by atoms with Crippen molar-refractivity contribution < 1.29 is 24.2 Å². The summed E-state index contributed by atoms with van der Waals surface area (Å²) in [6, 6.07) is 19.4. The molecule has 42 heavy (non-hydrogen) atoms. The number of ketones is 1. The highest BCUT2D eigenvalue weighted by molar-refractivity contribution is 7.22. The number of nitrogens with zero attached hydrogens (tertiary/aromatic N) is 2. The Kier molecular flexibility index (Phi) is 9.22. The summed E-state index contributed by atoms with van der Waals surface area (Å²) in [5, 5.41) is 12.0. The van der Waals surface area contributed by atoms with Crippen LogP contribution in [0.25, 0.3) is 16.0 Å². The van der Waals surface area contributed by atoms with Gasteiger partial charge in [0.2, 0.25) is 0 Å². The maximum Gasteiger partial charge on any atom is 0.301 e. The van der Waals surface area contributed by atoms with Crippen molar-refractivity contribution in [2.45, 2.75) is 58.9 Å². The number of fused-ring (bicyclic) bond motifs is 1. The third kappa shape index (κ3) is 6.19. The molecule has 8 heteroatoms. The van der Waals surface area contributed by atoms with Crippen molar-refractivity contribution in [3.8, 4) is 11.5 Å². The molecule has 1 aliphatic rings. The van der Waals surface area contributed by atoms with Gasteiger partial charge >= 0.3 is 5.91 Å². The zero-order valence-electron chi connectivity index (χ0n) is 24.3. The number of carbonyl (C=O) groups is 2. The number of benzene rings is 3. The Morgan fingerprint density at radius 2 is 1.64 bits per heavy atom. The molecule has 5 rings (SSSR count). The van der Waals surface area contributed by atoms with Gasteiger partial charge in [0.05, 0.1) is 35.0 Å². The first-order valence-electron chi connectivity index (χ1n) is 14.6. The molecular formula is C34H36N2O5S. The highest BCUT2D eigenvalue weighted by atomic mass is 32.1. The first-order valence-corrected chi connectivity index (χ1v) is 15.4. The van der Waals surface area contributed by atoms with Crippen molar-refractivity contribution in [2.24, 2.45) is 0 Å². The van der Waals surface area contributed by atoms with Crippen LogP contribution in [0.5, 0.6) is 11.5 Å². The second-order valence-electron chi connectivity index (χ2n) is 10.5. The number of hydrogen-bond acceptors (Lipinski definition) is 7. The number of aliphatic hydroxyl groups excluding tert-OH is 1. The van der Waals surface area contributed by atoms with Gasteiger partial charge in [0, 0.05) is 5.56 Å². The predicted molar refractivity (Wildman–Crippen MR) is 167 cm³/mol. The van der Waals surface area contributed by atoms with Gasteiger partial charge < -0.3 is 14.6 Å². The van der Waals surface area contributed by atoms with Crippen molar-refractivity contribution in [2.75, 3.05) is 18.1 Å². The molecule has 1 saturated heterocycles. The van der Waals surface area contributed by atoms with Gasteiger partial charge in [0.15, 0.2) is 5.13 Å². The topological polar surface area (TPSA) is 89.0 Å². The van der Waals surface area contributed by atoms with Crippen molar-refractivity contribution in [3.05, 3.63) is 89.0 Å². The zero-order chi connectivity index (χ0) is 29.6. The van der Waals surface area contributed by atoms with Gasteiger partial charge in [-0.05, 0) is 67.3 Å². The average Bonchev–Trinajstić information content (AvgIpc) is 3.53. The van der Waals surface area contributed by atoms with E-state index in [1.807, 2.05) is 55.5 Å². The van der Waals surface area contributed by atoms with Crippen LogP contribution in [0, 0.1) is 6.92 Å². The van der Waals surface area contributed by atoms with E-state index < -0.39 is 17.7 Å². The van der Waals surface area contributed by atoms with E-state index in [9.17, 15) is 14.7 Å². The molecule has 1 aliphatic heterocycles. The summed E-state index contributed by atoms with van der Waals surface area (Å²) in [6.07, 6.45) is 5.08. The van der Waals surface area contributed by atoms with Gasteiger partial charge in [-0.2, -0.15) is 0 Å². The zero-order valence-corrected chi connectivity index (χ0v) is 25.1. The highest BCUT2D eigenvalue weighted by Crippen LogP contribution is 2.44. The number of aryl methyl sites for hydroxylation is 1. The number of anilines is 1. The number of unbranched alkanes of at least 4 members (excludes halogenated alkanes) is 3. The lowest BCUT2D eigenvalue weighted by Crippen LogP contribution is -2.29. The molecule has 0 aliphatic carbocycles. The highest BCUT2D eigenvalue weighted by Gasteiger charge is 2.48. The van der Waals surface area contributed by atoms with E-state index in [2.05, 4.69) is 13.8 Å². The SMILES string of the molecule is CCCCCOc1ccc(C2C(=C(O)c3cccc(OCCCC)c3)C(=O)C(=O)N2c2nc3ccc(C)cc3s2)cc1. The average molecular weight is 585 g/mol. The van der Waals surface area contributed by atoms with E-state index in [-0.39, 0.29) is 11.3 Å². The van der Waals surface area contributed by atoms with Gasteiger partial charge in [0.1, 0.15) is 17.3 Å². The Hall–Kier alpha value is -4.17. The molecule has 1 unspecified atom stereocenters. The molecule has 3 aromatic carbocycles. The summed E-state index contributed by atoms with van der Waals surface area (Å²) in [5.74, 6) is -0.445. The molecule has 218 valence electrons. The van der Waals surface area contributed by atoms with E-state index in [0.29, 0.717) is 41.0 Å². The Balaban J connectivity index is 1.57. The van der Waals surface area contributed by atoms with Crippen molar-refractivity contribution in [1.29, 1.82) is 0 Å². The summed E-state index contributed by atoms with van der Waals surface area (Å²) in [4.78, 5) is 33.4. The van der Waals surface area contributed by atoms with Crippen molar-refractivity contribution in [3.63, 3.8) is 0 Å². The quantitative estimate of drug-likeness (QED) is 0.0786. The van der Waals surface area contributed by atoms with Gasteiger partial charge in [0.25, 0.3) is 5.78 Å². The summed E-state index contributed by atoms with van der Waals surface area (Å²) in [7, 11) is 0. The van der Waals surface area contributed by atoms with Crippen LogP contribution < -0.4 is 14.4 Å². The van der Waals surface area contributed by atoms with Crippen LogP contribution in [0.2, 0.25) is 0 Å². The molecule has 1 N–H and O–H groups in total. The third-order valence-electron chi connectivity index (χ3n) is 7.27. The van der Waals surface area contributed by atoms with Crippen LogP contribution in [0.1, 0.15) is 68.7 Å². The monoisotopic (exact) mass is 584 g/mol. The van der Waals surface area contributed by atoms with Crippen LogP contribution in [0.4, 0.5) is 5.13 Å². The molecule has 2 heterocycles. The second kappa shape index (κ2) is 13.2. The maximum absolute atomic E-state index is 13.6. The predicted octanol–water partition coefficient (Wildman–Crippen LogP) is 7.98. The van der Waals surface area contributed by atoms with E-state index >= 15 is 0 Å². The fourth-order valence-corrected chi connectivity index (χ4v) is 6.07. The summed E-state index contributed by atoms with van der Waals surface area (Å²) in [5.41, 5.74) is 2.91. The van der Waals surface area contributed by atoms with E-state index in [1.165, 1.54) is 16.2 Å². The minimum Gasteiger partial charge on any atom is -0.507 e. The third-order valence-corrected chi connectivity index (χ3v) is 8.29. The molecule has 0 saturated carbocycles. The van der Waals surface area contributed by atoms with Gasteiger partial charge in [-0.1, -0.05) is 74.8 Å². The van der Waals surface area contributed by atoms with Crippen LogP contribution in [-0.2, 0) is 9.59 Å². The lowest BCUT2D eigenvalue weighted by molar-refractivity contribution is -0.132. The molecule has 7 nitrogen and oxygen atoms in total. The van der Waals surface area contributed by atoms with Crippen LogP contribution >= 0.6 is 11.3 Å². The molecule has 0 radical (unpaired) electrons. The van der Waals surface area contributed by atoms with E-state index in [1.54, 1.807) is 18.2 Å². The lowest BCUT2D eigenvalue weighted by Gasteiger charge is -2.23. The first kappa shape index (κ1) is 29.3. The first-order chi connectivity index (χ1) is 20.4. The minimum atomic E-state index is -0.870. The van der Waals surface area contributed by atoms with Crippen LogP contribution in [0.3, 0.4) is 0 Å². The fraction of sp³-hybridized carbons (Fsp3) is 0.324. The summed E-state index contributed by atoms with van der Waals surface area (Å²) < 4.78 is 12.6. The second-order valence-corrected chi connectivity index (χ2v) is 11.5. The number of carbonyl (C=O) groups excluding carboxylic acids is 2. The number of rotatable bonds is 12. The standard InChI is InChI=1S/C34H36N2O5S/c1-4-6-8-19-40-25-15-13-23(14-16-25)30-29(31(37)24-10-9-11-26(21-24)41-18-7-5-2)32(38)33(39)36(30)34-35-27-17-12-22(3)20-28(27)42-34/h9-17,20-21,30,37H,4-8,18-19H2,1-3H3.